The van der Waals surface area contributed by atoms with Gasteiger partial charge in [0.2, 0.25) is 0 Å². The van der Waals surface area contributed by atoms with E-state index in [2.05, 4.69) is 9.97 Å². The summed E-state index contributed by atoms with van der Waals surface area (Å²) in [6.45, 7) is -0.421. The van der Waals surface area contributed by atoms with Gasteiger partial charge in [0, 0.05) is 12.2 Å². The first-order valence-corrected chi connectivity index (χ1v) is 6.81. The topological polar surface area (TPSA) is 50.9 Å². The van der Waals surface area contributed by atoms with Crippen LogP contribution in [0.5, 0.6) is 0 Å². The van der Waals surface area contributed by atoms with Crippen molar-refractivity contribution in [2.45, 2.75) is 31.7 Å². The molecule has 2 heterocycles. The number of alkyl halides is 3. The lowest BCUT2D eigenvalue weighted by Gasteiger charge is -2.08. The summed E-state index contributed by atoms with van der Waals surface area (Å²) in [7, 11) is 0. The van der Waals surface area contributed by atoms with Gasteiger partial charge >= 0.3 is 6.18 Å². The highest BCUT2D eigenvalue weighted by Gasteiger charge is 2.42. The van der Waals surface area contributed by atoms with Crippen LogP contribution in [0.3, 0.4) is 0 Å². The van der Waals surface area contributed by atoms with Crippen LogP contribution in [0, 0.1) is 5.82 Å². The number of rotatable bonds is 3. The molecule has 0 amide bonds. The van der Waals surface area contributed by atoms with Crippen LogP contribution >= 0.6 is 11.6 Å². The van der Waals surface area contributed by atoms with Gasteiger partial charge in [0.15, 0.2) is 17.3 Å². The van der Waals surface area contributed by atoms with E-state index in [0.717, 1.165) is 6.07 Å². The van der Waals surface area contributed by atoms with Gasteiger partial charge in [0.1, 0.15) is 10.8 Å². The lowest BCUT2D eigenvalue weighted by atomic mass is 10.2. The molecule has 1 aliphatic carbocycles. The van der Waals surface area contributed by atoms with Crippen LogP contribution in [0.15, 0.2) is 12.3 Å². The van der Waals surface area contributed by atoms with Crippen molar-refractivity contribution in [1.29, 1.82) is 0 Å². The highest BCUT2D eigenvalue weighted by molar-refractivity contribution is 6.30. The van der Waals surface area contributed by atoms with E-state index in [1.165, 1.54) is 10.8 Å². The Morgan fingerprint density at radius 3 is 2.55 bits per heavy atom. The van der Waals surface area contributed by atoms with Gasteiger partial charge in [0.05, 0.1) is 6.61 Å². The zero-order valence-electron chi connectivity index (χ0n) is 11.0. The highest BCUT2D eigenvalue weighted by atomic mass is 35.5. The van der Waals surface area contributed by atoms with E-state index in [9.17, 15) is 17.6 Å². The molecule has 0 saturated heterocycles. The van der Waals surface area contributed by atoms with Crippen molar-refractivity contribution in [2.24, 2.45) is 0 Å². The van der Waals surface area contributed by atoms with Crippen molar-refractivity contribution in [3.05, 3.63) is 34.5 Å². The Kier molecular flexibility index (Phi) is 3.60. The second-order valence-electron chi connectivity index (χ2n) is 5.01. The molecule has 2 aromatic rings. The van der Waals surface area contributed by atoms with Gasteiger partial charge in [-0.1, -0.05) is 11.6 Å². The van der Waals surface area contributed by atoms with Crippen LogP contribution in [-0.4, -0.2) is 19.6 Å². The Bertz CT molecular complexity index is 725. The van der Waals surface area contributed by atoms with E-state index in [0.29, 0.717) is 12.8 Å². The Balaban J connectivity index is 2.18. The standard InChI is InChI=1S/C13H10ClF4N3O/c14-11-10(13(16,17)18)20-12(21(11)7-1-2-7)9-8(15)3-6(5-22)4-19-9/h3-4,7,22H,1-2,5H2. The number of pyridine rings is 1. The maximum Gasteiger partial charge on any atom is 0.436 e. The highest BCUT2D eigenvalue weighted by Crippen LogP contribution is 2.45. The van der Waals surface area contributed by atoms with Gasteiger partial charge in [-0.25, -0.2) is 14.4 Å². The molecule has 9 heteroatoms. The fourth-order valence-electron chi connectivity index (χ4n) is 2.15. The van der Waals surface area contributed by atoms with Crippen molar-refractivity contribution >= 4 is 11.6 Å². The minimum atomic E-state index is -4.73. The molecule has 1 fully saturated rings. The lowest BCUT2D eigenvalue weighted by molar-refractivity contribution is -0.140. The molecule has 118 valence electrons. The average molecular weight is 336 g/mol. The Labute approximate surface area is 127 Å². The van der Waals surface area contributed by atoms with Gasteiger partial charge in [-0.2, -0.15) is 13.2 Å². The molecule has 0 aliphatic heterocycles. The first-order chi connectivity index (χ1) is 10.3. The minimum absolute atomic E-state index is 0.216. The van der Waals surface area contributed by atoms with Crippen molar-refractivity contribution < 1.29 is 22.7 Å². The summed E-state index contributed by atoms with van der Waals surface area (Å²) in [5.41, 5.74) is -1.35. The summed E-state index contributed by atoms with van der Waals surface area (Å²) in [6.07, 6.45) is -2.24. The number of hydrogen-bond acceptors (Lipinski definition) is 3. The average Bonchev–Trinajstić information content (AvgIpc) is 3.21. The van der Waals surface area contributed by atoms with Crippen LogP contribution in [-0.2, 0) is 12.8 Å². The molecule has 0 radical (unpaired) electrons. The predicted octanol–water partition coefficient (Wildman–Crippen LogP) is 3.58. The number of aromatic nitrogens is 3. The molecule has 2 aromatic heterocycles. The molecule has 1 N–H and O–H groups in total. The summed E-state index contributed by atoms with van der Waals surface area (Å²) in [6, 6.07) is 0.778. The zero-order chi connectivity index (χ0) is 16.1. The molecule has 1 saturated carbocycles. The maximum absolute atomic E-state index is 14.1. The molecular weight excluding hydrogens is 326 g/mol. The minimum Gasteiger partial charge on any atom is -0.392 e. The van der Waals surface area contributed by atoms with E-state index < -0.39 is 29.4 Å². The van der Waals surface area contributed by atoms with Crippen molar-refractivity contribution in [1.82, 2.24) is 14.5 Å². The number of hydrogen-bond donors (Lipinski definition) is 1. The molecule has 1 aliphatic rings. The maximum atomic E-state index is 14.1. The molecule has 0 atom stereocenters. The number of nitrogens with zero attached hydrogens (tertiary/aromatic N) is 3. The Morgan fingerprint density at radius 2 is 2.05 bits per heavy atom. The number of aliphatic hydroxyl groups excluding tert-OH is 1. The fraction of sp³-hybridized carbons (Fsp3) is 0.385. The molecule has 0 aromatic carbocycles. The molecule has 3 rings (SSSR count). The normalized spacial score (nSPS) is 15.4. The van der Waals surface area contributed by atoms with E-state index in [4.69, 9.17) is 16.7 Å². The van der Waals surface area contributed by atoms with E-state index in [-0.39, 0.29) is 23.1 Å². The van der Waals surface area contributed by atoms with Crippen molar-refractivity contribution in [3.8, 4) is 11.5 Å². The quantitative estimate of drug-likeness (QED) is 0.872. The monoisotopic (exact) mass is 335 g/mol. The van der Waals surface area contributed by atoms with Gasteiger partial charge in [0.25, 0.3) is 0 Å². The SMILES string of the molecule is OCc1cnc(-c2nc(C(F)(F)F)c(Cl)n2C2CC2)c(F)c1. The third-order valence-electron chi connectivity index (χ3n) is 3.33. The van der Waals surface area contributed by atoms with Crippen LogP contribution in [0.25, 0.3) is 11.5 Å². The van der Waals surface area contributed by atoms with Crippen molar-refractivity contribution in [3.63, 3.8) is 0 Å². The Hall–Kier alpha value is -1.67. The van der Waals surface area contributed by atoms with Gasteiger partial charge < -0.3 is 9.67 Å². The lowest BCUT2D eigenvalue weighted by Crippen LogP contribution is -2.06. The molecule has 4 nitrogen and oxygen atoms in total. The van der Waals surface area contributed by atoms with Crippen LogP contribution < -0.4 is 0 Å². The van der Waals surface area contributed by atoms with Gasteiger partial charge in [-0.15, -0.1) is 0 Å². The van der Waals surface area contributed by atoms with E-state index in [1.807, 2.05) is 0 Å². The molecular formula is C13H10ClF4N3O. The van der Waals surface area contributed by atoms with E-state index in [1.54, 1.807) is 0 Å². The van der Waals surface area contributed by atoms with Gasteiger partial charge in [-0.3, -0.25) is 0 Å². The fourth-order valence-corrected chi connectivity index (χ4v) is 2.52. The first kappa shape index (κ1) is 15.2. The largest absolute Gasteiger partial charge is 0.436 e. The summed E-state index contributed by atoms with van der Waals surface area (Å²) in [5.74, 6) is -1.11. The summed E-state index contributed by atoms with van der Waals surface area (Å²) < 4.78 is 54.1. The van der Waals surface area contributed by atoms with Crippen molar-refractivity contribution in [2.75, 3.05) is 0 Å². The van der Waals surface area contributed by atoms with Crippen LogP contribution in [0.2, 0.25) is 5.15 Å². The molecule has 0 bridgehead atoms. The molecule has 22 heavy (non-hydrogen) atoms. The van der Waals surface area contributed by atoms with Crippen LogP contribution in [0.4, 0.5) is 17.6 Å². The first-order valence-electron chi connectivity index (χ1n) is 6.43. The summed E-state index contributed by atoms with van der Waals surface area (Å²) in [5, 5.41) is 8.38. The molecule has 0 unspecified atom stereocenters. The Morgan fingerprint density at radius 1 is 1.36 bits per heavy atom. The van der Waals surface area contributed by atoms with Gasteiger partial charge in [-0.05, 0) is 24.5 Å². The number of imidazole rings is 1. The third kappa shape index (κ3) is 2.56. The second kappa shape index (κ2) is 5.20. The summed E-state index contributed by atoms with van der Waals surface area (Å²) in [4.78, 5) is 7.25. The summed E-state index contributed by atoms with van der Waals surface area (Å²) >= 11 is 5.80. The second-order valence-corrected chi connectivity index (χ2v) is 5.36. The third-order valence-corrected chi connectivity index (χ3v) is 3.69. The molecule has 0 spiro atoms. The zero-order valence-corrected chi connectivity index (χ0v) is 11.8. The van der Waals surface area contributed by atoms with Crippen LogP contribution in [0.1, 0.15) is 30.1 Å². The van der Waals surface area contributed by atoms with E-state index >= 15 is 0 Å². The smallest absolute Gasteiger partial charge is 0.392 e. The predicted molar refractivity (Wildman–Crippen MR) is 69.6 cm³/mol. The number of halogens is 5. The number of aliphatic hydroxyl groups is 1.